The number of nitrogens with zero attached hydrogens (tertiary/aromatic N) is 2. The summed E-state index contributed by atoms with van der Waals surface area (Å²) in [6, 6.07) is 0. The molecule has 4 nitrogen and oxygen atoms in total. The van der Waals surface area contributed by atoms with Crippen LogP contribution in [0, 0.1) is 0 Å². The molecule has 19 heavy (non-hydrogen) atoms. The first kappa shape index (κ1) is 14.9. The Hall–Kier alpha value is -0.455. The summed E-state index contributed by atoms with van der Waals surface area (Å²) in [4.78, 5) is 0. The Morgan fingerprint density at radius 2 is 1.79 bits per heavy atom. The molecule has 0 atom stereocenters. The maximum Gasteiger partial charge on any atom is 0.498 e. The van der Waals surface area contributed by atoms with Crippen LogP contribution in [0.5, 0.6) is 0 Å². The summed E-state index contributed by atoms with van der Waals surface area (Å²) in [7, 11) is -0.352. The molecule has 1 aliphatic heterocycles. The van der Waals surface area contributed by atoms with Gasteiger partial charge in [0.1, 0.15) is 0 Å². The van der Waals surface area contributed by atoms with Crippen LogP contribution < -0.4 is 5.46 Å². The Bertz CT molecular complexity index is 455. The van der Waals surface area contributed by atoms with E-state index in [-0.39, 0.29) is 23.9 Å². The highest BCUT2D eigenvalue weighted by Crippen LogP contribution is 2.36. The van der Waals surface area contributed by atoms with Crippen LogP contribution in [0.1, 0.15) is 41.5 Å². The largest absolute Gasteiger partial charge is 0.498 e. The zero-order chi connectivity index (χ0) is 14.5. The van der Waals surface area contributed by atoms with E-state index in [1.165, 1.54) is 0 Å². The first-order valence-corrected chi connectivity index (χ1v) is 7.24. The predicted molar refractivity (Wildman–Crippen MR) is 81.1 cm³/mol. The van der Waals surface area contributed by atoms with Crippen LogP contribution in [0.3, 0.4) is 0 Å². The SMILES string of the molecule is CC(C)(CS)n1cc(B2OC(C)(C)C(C)(C)O2)cn1. The molecule has 0 saturated carbocycles. The predicted octanol–water partition coefficient (Wildman–Crippen LogP) is 1.85. The lowest BCUT2D eigenvalue weighted by Crippen LogP contribution is -2.41. The third-order valence-corrected chi connectivity index (χ3v) is 4.91. The van der Waals surface area contributed by atoms with Crippen molar-refractivity contribution in [3.8, 4) is 0 Å². The van der Waals surface area contributed by atoms with Crippen LogP contribution in [-0.2, 0) is 14.8 Å². The zero-order valence-corrected chi connectivity index (χ0v) is 13.5. The Labute approximate surface area is 121 Å². The number of hydrogen-bond acceptors (Lipinski definition) is 4. The number of aromatic nitrogens is 2. The van der Waals surface area contributed by atoms with E-state index >= 15 is 0 Å². The van der Waals surface area contributed by atoms with Gasteiger partial charge in [-0.1, -0.05) is 0 Å². The molecule has 1 aromatic heterocycles. The molecule has 1 aliphatic rings. The van der Waals surface area contributed by atoms with Crippen molar-refractivity contribution in [2.24, 2.45) is 0 Å². The second-order valence-electron chi connectivity index (χ2n) is 6.78. The van der Waals surface area contributed by atoms with E-state index < -0.39 is 0 Å². The lowest BCUT2D eigenvalue weighted by atomic mass is 9.82. The molecule has 1 saturated heterocycles. The second kappa shape index (κ2) is 4.53. The maximum atomic E-state index is 6.02. The van der Waals surface area contributed by atoms with E-state index in [2.05, 4.69) is 59.3 Å². The minimum absolute atomic E-state index is 0.120. The Morgan fingerprint density at radius 3 is 2.26 bits per heavy atom. The minimum Gasteiger partial charge on any atom is -0.399 e. The molecular formula is C13H23BN2O2S. The lowest BCUT2D eigenvalue weighted by Gasteiger charge is -2.32. The van der Waals surface area contributed by atoms with Crippen LogP contribution in [0.2, 0.25) is 0 Å². The average molecular weight is 282 g/mol. The summed E-state index contributed by atoms with van der Waals surface area (Å²) in [5, 5.41) is 4.41. The fourth-order valence-electron chi connectivity index (χ4n) is 1.84. The lowest BCUT2D eigenvalue weighted by molar-refractivity contribution is 0.00578. The Morgan fingerprint density at radius 1 is 1.26 bits per heavy atom. The maximum absolute atomic E-state index is 6.02. The highest BCUT2D eigenvalue weighted by molar-refractivity contribution is 7.80. The van der Waals surface area contributed by atoms with Gasteiger partial charge in [0.15, 0.2) is 0 Å². The van der Waals surface area contributed by atoms with Crippen LogP contribution in [0.25, 0.3) is 0 Å². The van der Waals surface area contributed by atoms with Crippen molar-refractivity contribution in [3.05, 3.63) is 12.4 Å². The van der Waals surface area contributed by atoms with Crippen molar-refractivity contribution < 1.29 is 9.31 Å². The van der Waals surface area contributed by atoms with Crippen LogP contribution in [0.4, 0.5) is 0 Å². The summed E-state index contributed by atoms with van der Waals surface area (Å²) < 4.78 is 13.9. The molecule has 0 amide bonds. The molecule has 0 N–H and O–H groups in total. The van der Waals surface area contributed by atoms with E-state index in [1.54, 1.807) is 0 Å². The molecule has 0 aliphatic carbocycles. The third kappa shape index (κ3) is 2.58. The monoisotopic (exact) mass is 282 g/mol. The summed E-state index contributed by atoms with van der Waals surface area (Å²) in [5.74, 6) is 0.720. The van der Waals surface area contributed by atoms with Crippen molar-refractivity contribution in [2.45, 2.75) is 58.3 Å². The summed E-state index contributed by atoms with van der Waals surface area (Å²) in [6.07, 6.45) is 3.80. The molecule has 0 bridgehead atoms. The van der Waals surface area contributed by atoms with Gasteiger partial charge in [0, 0.05) is 23.6 Å². The van der Waals surface area contributed by atoms with Crippen molar-refractivity contribution in [1.82, 2.24) is 9.78 Å². The van der Waals surface area contributed by atoms with E-state index in [9.17, 15) is 0 Å². The minimum atomic E-state index is -0.352. The normalized spacial score (nSPS) is 21.9. The highest BCUT2D eigenvalue weighted by Gasteiger charge is 2.52. The van der Waals surface area contributed by atoms with Gasteiger partial charge in [0.25, 0.3) is 0 Å². The molecular weight excluding hydrogens is 259 g/mol. The average Bonchev–Trinajstić information content (AvgIpc) is 2.83. The van der Waals surface area contributed by atoms with Gasteiger partial charge >= 0.3 is 7.12 Å². The zero-order valence-electron chi connectivity index (χ0n) is 12.6. The van der Waals surface area contributed by atoms with E-state index in [0.29, 0.717) is 0 Å². The van der Waals surface area contributed by atoms with Gasteiger partial charge in [-0.15, -0.1) is 0 Å². The molecule has 0 unspecified atom stereocenters. The van der Waals surface area contributed by atoms with Gasteiger partial charge in [0.05, 0.1) is 16.7 Å². The van der Waals surface area contributed by atoms with Crippen molar-refractivity contribution >= 4 is 25.2 Å². The fraction of sp³-hybridized carbons (Fsp3) is 0.769. The number of rotatable bonds is 3. The molecule has 2 rings (SSSR count). The van der Waals surface area contributed by atoms with Crippen LogP contribution in [-0.4, -0.2) is 33.9 Å². The van der Waals surface area contributed by atoms with Gasteiger partial charge < -0.3 is 9.31 Å². The summed E-state index contributed by atoms with van der Waals surface area (Å²) in [5.41, 5.74) is 0.191. The topological polar surface area (TPSA) is 36.3 Å². The van der Waals surface area contributed by atoms with E-state index in [0.717, 1.165) is 11.2 Å². The van der Waals surface area contributed by atoms with Gasteiger partial charge in [-0.25, -0.2) is 0 Å². The molecule has 2 heterocycles. The summed E-state index contributed by atoms with van der Waals surface area (Å²) >= 11 is 4.36. The second-order valence-corrected chi connectivity index (χ2v) is 7.09. The van der Waals surface area contributed by atoms with Gasteiger partial charge in [-0.05, 0) is 41.5 Å². The molecule has 106 valence electrons. The van der Waals surface area contributed by atoms with Crippen LogP contribution >= 0.6 is 12.6 Å². The molecule has 6 heteroatoms. The molecule has 0 spiro atoms. The van der Waals surface area contributed by atoms with Crippen LogP contribution in [0.15, 0.2) is 12.4 Å². The number of thiol groups is 1. The van der Waals surface area contributed by atoms with Crippen molar-refractivity contribution in [1.29, 1.82) is 0 Å². The quantitative estimate of drug-likeness (QED) is 0.679. The third-order valence-electron chi connectivity index (χ3n) is 4.14. The first-order chi connectivity index (χ1) is 8.59. The Kier molecular flexibility index (Phi) is 3.57. The number of hydrogen-bond donors (Lipinski definition) is 1. The van der Waals surface area contributed by atoms with Crippen molar-refractivity contribution in [2.75, 3.05) is 5.75 Å². The fourth-order valence-corrected chi connectivity index (χ4v) is 1.99. The Balaban J connectivity index is 2.22. The highest BCUT2D eigenvalue weighted by atomic mass is 32.1. The van der Waals surface area contributed by atoms with Gasteiger partial charge in [0.2, 0.25) is 0 Å². The standard InChI is InChI=1S/C13H23BN2O2S/c1-11(2,9-19)16-8-10(7-15-16)14-17-12(3,4)13(5,6)18-14/h7-8,19H,9H2,1-6H3. The molecule has 0 radical (unpaired) electrons. The smallest absolute Gasteiger partial charge is 0.399 e. The van der Waals surface area contributed by atoms with Gasteiger partial charge in [-0.3, -0.25) is 4.68 Å². The van der Waals surface area contributed by atoms with Gasteiger partial charge in [-0.2, -0.15) is 17.7 Å². The summed E-state index contributed by atoms with van der Waals surface area (Å²) in [6.45, 7) is 12.4. The molecule has 0 aromatic carbocycles. The van der Waals surface area contributed by atoms with E-state index in [1.807, 2.05) is 17.1 Å². The first-order valence-electron chi connectivity index (χ1n) is 6.61. The van der Waals surface area contributed by atoms with E-state index in [4.69, 9.17) is 9.31 Å². The van der Waals surface area contributed by atoms with Crippen molar-refractivity contribution in [3.63, 3.8) is 0 Å². The molecule has 1 aromatic rings. The molecule has 1 fully saturated rings.